The molecule has 140 heavy (non-hydrogen) atoms. The number of thioether (sulfide) groups is 2. The Labute approximate surface area is 823 Å². The molecular formula is C110H130O28S2. The van der Waals surface area contributed by atoms with Gasteiger partial charge in [0.25, 0.3) is 0 Å². The number of furan rings is 7. The lowest BCUT2D eigenvalue weighted by molar-refractivity contribution is -0.143. The number of fused-ring (bicyclic) bond motifs is 8. The second kappa shape index (κ2) is 56.0. The van der Waals surface area contributed by atoms with E-state index in [1.807, 2.05) is 169 Å². The van der Waals surface area contributed by atoms with Crippen molar-refractivity contribution in [1.82, 2.24) is 0 Å². The van der Waals surface area contributed by atoms with Gasteiger partial charge in [-0.3, -0.25) is 4.79 Å². The Bertz CT molecular complexity index is 6460. The van der Waals surface area contributed by atoms with E-state index in [1.165, 1.54) is 49.1 Å². The van der Waals surface area contributed by atoms with Gasteiger partial charge in [-0.2, -0.15) is 23.5 Å². The maximum absolute atomic E-state index is 11.5. The number of aliphatic hydroxyl groups excluding tert-OH is 3. The van der Waals surface area contributed by atoms with Gasteiger partial charge in [-0.25, -0.2) is 19.2 Å². The zero-order chi connectivity index (χ0) is 101. The predicted octanol–water partition coefficient (Wildman–Crippen LogP) is 23.1. The lowest BCUT2D eigenvalue weighted by atomic mass is 10.0. The fourth-order valence-corrected chi connectivity index (χ4v) is 16.8. The predicted molar refractivity (Wildman–Crippen MR) is 547 cm³/mol. The number of unbranched alkanes of at least 4 members (excludes halogenated alkanes) is 1. The number of benzene rings is 8. The molecule has 5 N–H and O–H groups in total. The first kappa shape index (κ1) is 110. The third-order valence-corrected chi connectivity index (χ3v) is 24.4. The van der Waals surface area contributed by atoms with Crippen LogP contribution in [0.3, 0.4) is 0 Å². The zero-order valence-electron chi connectivity index (χ0n) is 82.9. The highest BCUT2D eigenvalue weighted by atomic mass is 32.2. The van der Waals surface area contributed by atoms with Crippen molar-refractivity contribution in [3.63, 3.8) is 0 Å². The molecule has 0 spiro atoms. The lowest BCUT2D eigenvalue weighted by Gasteiger charge is -2.05. The summed E-state index contributed by atoms with van der Waals surface area (Å²) in [6.07, 6.45) is 18.5. The summed E-state index contributed by atoms with van der Waals surface area (Å²) in [6.45, 7) is 21.0. The van der Waals surface area contributed by atoms with Crippen LogP contribution in [-0.4, -0.2) is 174 Å². The SMILES string of the molecule is C=CCc1c(C)oc2c(OC)cccc12.CCCCc1c(C)oc2c(OCC(=O)OC)cccc12.COC(=O)COc1cccc2c(CCCO)c(C)oc12.COC(=O)COc1cccc2c(CCCSC)c(C)oc12.COc1cccc2c(CCCO)c(C)oc12.COc1cccc2c1OC(C)C2=O.CSCCCc1c(C)oc2c(OCC(=O)O)cccc12.Cc1oc2c(O)cccc2c1CCCO. The minimum absolute atomic E-state index is 0.0221. The number of carboxylic acids is 1. The van der Waals surface area contributed by atoms with Crippen LogP contribution in [0.15, 0.2) is 189 Å². The van der Waals surface area contributed by atoms with E-state index in [0.29, 0.717) is 80.8 Å². The van der Waals surface area contributed by atoms with Crippen LogP contribution in [0.25, 0.3) is 76.8 Å². The minimum atomic E-state index is -0.995. The summed E-state index contributed by atoms with van der Waals surface area (Å²) in [4.78, 5) is 55.6. The number of ketones is 1. The fraction of sp³-hybridized carbons (Fsp3) is 0.373. The van der Waals surface area contributed by atoms with Crippen molar-refractivity contribution in [1.29, 1.82) is 0 Å². The van der Waals surface area contributed by atoms with Crippen molar-refractivity contribution in [2.24, 2.45) is 0 Å². The fourth-order valence-electron chi connectivity index (χ4n) is 16.0. The number of hydrogen-bond acceptors (Lipinski definition) is 29. The number of aryl methyl sites for hydroxylation is 13. The van der Waals surface area contributed by atoms with Gasteiger partial charge in [0.15, 0.2) is 123 Å². The molecule has 8 aromatic carbocycles. The highest BCUT2D eigenvalue weighted by Crippen LogP contribution is 2.42. The highest BCUT2D eigenvalue weighted by Gasteiger charge is 2.32. The molecule has 0 aliphatic carbocycles. The molecule has 0 radical (unpaired) electrons. The average Bonchev–Trinajstić information content (AvgIpc) is 1.64. The van der Waals surface area contributed by atoms with Crippen molar-refractivity contribution in [2.45, 2.75) is 158 Å². The zero-order valence-corrected chi connectivity index (χ0v) is 84.6. The van der Waals surface area contributed by atoms with Crippen LogP contribution in [-0.2, 0) is 78.3 Å². The first-order chi connectivity index (χ1) is 67.7. The van der Waals surface area contributed by atoms with Crippen LogP contribution >= 0.6 is 23.5 Å². The molecule has 750 valence electrons. The Balaban J connectivity index is 0.000000180. The molecule has 0 fully saturated rings. The van der Waals surface area contributed by atoms with Crippen molar-refractivity contribution in [2.75, 3.05) is 113 Å². The monoisotopic (exact) mass is 1960 g/mol. The number of allylic oxidation sites excluding steroid dienone is 1. The Kier molecular flexibility index (Phi) is 44.1. The van der Waals surface area contributed by atoms with Gasteiger partial charge in [0.05, 0.1) is 48.2 Å². The molecule has 1 aliphatic rings. The molecule has 0 saturated carbocycles. The van der Waals surface area contributed by atoms with Crippen LogP contribution < -0.4 is 37.9 Å². The number of carbonyl (C=O) groups excluding carboxylic acids is 4. The minimum Gasteiger partial charge on any atom is -0.504 e. The number of phenolic OH excluding ortho intramolecular Hbond substituents is 1. The van der Waals surface area contributed by atoms with E-state index in [2.05, 4.69) is 40.2 Å². The number of Topliss-reactive ketones (excluding diaryl/α,β-unsaturated/α-hetero) is 1. The van der Waals surface area contributed by atoms with Gasteiger partial charge >= 0.3 is 23.9 Å². The summed E-state index contributed by atoms with van der Waals surface area (Å²) in [5.74, 6) is 11.3. The molecule has 1 unspecified atom stereocenters. The number of ether oxygens (including phenoxy) is 11. The lowest BCUT2D eigenvalue weighted by Crippen LogP contribution is -2.14. The number of hydrogen-bond donors (Lipinski definition) is 5. The first-order valence-corrected chi connectivity index (χ1v) is 49.0. The second-order valence-electron chi connectivity index (χ2n) is 32.3. The number of rotatable bonds is 37. The molecule has 0 bridgehead atoms. The number of aliphatic hydroxyl groups is 3. The smallest absolute Gasteiger partial charge is 0.343 e. The number of methoxy groups -OCH3 is 6. The molecule has 30 heteroatoms. The number of aliphatic carboxylic acids is 1. The Morgan fingerprint density at radius 3 is 0.950 bits per heavy atom. The van der Waals surface area contributed by atoms with Gasteiger partial charge in [0.2, 0.25) is 5.78 Å². The van der Waals surface area contributed by atoms with Gasteiger partial charge in [-0.05, 0) is 217 Å². The maximum atomic E-state index is 11.5. The molecule has 28 nitrogen and oxygen atoms in total. The maximum Gasteiger partial charge on any atom is 0.343 e. The highest BCUT2D eigenvalue weighted by molar-refractivity contribution is 7.98. The van der Waals surface area contributed by atoms with Gasteiger partial charge in [-0.1, -0.05) is 110 Å². The average molecular weight is 1960 g/mol. The van der Waals surface area contributed by atoms with E-state index in [-0.39, 0.29) is 63.9 Å². The summed E-state index contributed by atoms with van der Waals surface area (Å²) in [7, 11) is 8.85. The van der Waals surface area contributed by atoms with E-state index >= 15 is 0 Å². The summed E-state index contributed by atoms with van der Waals surface area (Å²) in [6, 6.07) is 45.1. The standard InChI is InChI=1S/C16H20O4S.C16H20O4.C15H18O5.C15H18O4S.C13H16O3.C13H14O2.C12H14O3.C10H10O3/c1-11-12(7-5-9-21-3)13-6-4-8-14(16(13)20-11)19-10-15(17)18-2;1-4-5-7-12-11(2)20-16-13(12)8-6-9-14(16)19-10-15(17)18-3;1-10-11(6-4-8-16)12-5-3-7-13(15(12)20-10)19-9-14(17)18-2;1-10-11(6-4-8-20-2)12-5-3-7-13(15(12)19-10)18-9-14(16)17;1-9-10(6-4-8-14)11-5-3-7-12(15-2)13(11)16-9;1-4-6-10-9(2)15-13-11(10)7-5-8-12(13)14-3;1-8-9(5-3-7-13)10-4-2-6-11(14)12(10)15-8;1-6-9(11)7-4-3-5-8(12-2)10(7)13-6/h4,6,8H,5,7,9-10H2,1-3H3;6,8-9H,4-5,7,10H2,1-3H3;3,5,7,16H,4,6,8-9H2,1-2H3;3,5,7H,4,6,8-9H2,1-2H3,(H,16,17);3,5,7,14H,4,6,8H2,1-2H3;4-5,7-8H,1,6H2,2-3H3;2,4,6,13-14H,3,5,7H2,1H3;3-6H,1-2H3. The van der Waals surface area contributed by atoms with Crippen LogP contribution in [0.5, 0.6) is 51.7 Å². The molecule has 1 aliphatic heterocycles. The van der Waals surface area contributed by atoms with Gasteiger partial charge in [0, 0.05) is 96.5 Å². The third-order valence-electron chi connectivity index (χ3n) is 23.0. The molecule has 16 rings (SSSR count). The van der Waals surface area contributed by atoms with E-state index in [1.54, 1.807) is 82.9 Å². The number of para-hydroxylation sites is 8. The normalized spacial score (nSPS) is 11.6. The Hall–Kier alpha value is -13.4. The molecule has 15 aromatic rings. The number of phenols is 1. The molecule has 7 aromatic heterocycles. The van der Waals surface area contributed by atoms with E-state index in [9.17, 15) is 29.1 Å². The first-order valence-electron chi connectivity index (χ1n) is 46.2. The van der Waals surface area contributed by atoms with Crippen LogP contribution in [0, 0.1) is 48.5 Å². The van der Waals surface area contributed by atoms with Crippen LogP contribution in [0.2, 0.25) is 0 Å². The largest absolute Gasteiger partial charge is 0.504 e. The topological polar surface area (TPSA) is 380 Å². The third kappa shape index (κ3) is 29.1. The number of esters is 3. The van der Waals surface area contributed by atoms with Gasteiger partial charge in [0.1, 0.15) is 40.3 Å². The van der Waals surface area contributed by atoms with Crippen LogP contribution in [0.1, 0.15) is 148 Å². The Morgan fingerprint density at radius 1 is 0.371 bits per heavy atom. The molecular weight excluding hydrogens is 1830 g/mol. The van der Waals surface area contributed by atoms with Crippen molar-refractivity contribution in [3.8, 4) is 51.7 Å². The van der Waals surface area contributed by atoms with Gasteiger partial charge in [-0.15, -0.1) is 6.58 Å². The molecule has 8 heterocycles. The summed E-state index contributed by atoms with van der Waals surface area (Å²) in [5.41, 5.74) is 13.6. The van der Waals surface area contributed by atoms with E-state index in [0.717, 1.165) is 200 Å². The van der Waals surface area contributed by atoms with E-state index in [4.69, 9.17) is 89.2 Å². The van der Waals surface area contributed by atoms with E-state index < -0.39 is 23.9 Å². The quantitative estimate of drug-likeness (QED) is 0.0104. The molecule has 0 saturated heterocycles. The number of carbonyl (C=O) groups is 5. The van der Waals surface area contributed by atoms with Crippen molar-refractivity contribution in [3.05, 3.63) is 243 Å². The summed E-state index contributed by atoms with van der Waals surface area (Å²) >= 11 is 3.67. The number of aromatic hydroxyl groups is 1. The van der Waals surface area contributed by atoms with Gasteiger partial charge < -0.3 is 109 Å². The molecule has 0 amide bonds. The van der Waals surface area contributed by atoms with Crippen molar-refractivity contribution >= 4 is 130 Å². The summed E-state index contributed by atoms with van der Waals surface area (Å²) in [5, 5.41) is 52.2. The Morgan fingerprint density at radius 2 is 0.643 bits per heavy atom. The second-order valence-corrected chi connectivity index (χ2v) is 34.3. The van der Waals surface area contributed by atoms with Crippen LogP contribution in [0.4, 0.5) is 0 Å². The summed E-state index contributed by atoms with van der Waals surface area (Å²) < 4.78 is 96.4. The molecule has 1 atom stereocenters. The van der Waals surface area contributed by atoms with Crippen molar-refractivity contribution < 1.29 is 133 Å². The number of carboxylic acid groups (broad SMARTS) is 1.